The van der Waals surface area contributed by atoms with Crippen LogP contribution in [0.15, 0.2) is 24.3 Å². The van der Waals surface area contributed by atoms with Crippen LogP contribution in [0.1, 0.15) is 34.4 Å². The third-order valence-corrected chi connectivity index (χ3v) is 5.96. The van der Waals surface area contributed by atoms with Gasteiger partial charge in [-0.2, -0.15) is 0 Å². The molecule has 1 aromatic carbocycles. The number of fused-ring (bicyclic) bond motifs is 2. The highest BCUT2D eigenvalue weighted by Crippen LogP contribution is 2.53. The van der Waals surface area contributed by atoms with E-state index in [2.05, 4.69) is 43.4 Å². The third-order valence-electron chi connectivity index (χ3n) is 4.77. The molecule has 0 unspecified atom stereocenters. The van der Waals surface area contributed by atoms with E-state index in [1.807, 2.05) is 11.3 Å². The van der Waals surface area contributed by atoms with Crippen molar-refractivity contribution >= 4 is 11.3 Å². The summed E-state index contributed by atoms with van der Waals surface area (Å²) >= 11 is 1.98. The van der Waals surface area contributed by atoms with Crippen molar-refractivity contribution in [3.63, 3.8) is 0 Å². The van der Waals surface area contributed by atoms with Crippen LogP contribution in [0.4, 0.5) is 0 Å². The molecule has 0 atom stereocenters. The molecular formula is C17H19NS. The lowest BCUT2D eigenvalue weighted by molar-refractivity contribution is 0.539. The van der Waals surface area contributed by atoms with E-state index in [0.29, 0.717) is 5.41 Å². The van der Waals surface area contributed by atoms with Crippen molar-refractivity contribution in [2.24, 2.45) is 0 Å². The fourth-order valence-corrected chi connectivity index (χ4v) is 4.40. The number of hydrogen-bond acceptors (Lipinski definition) is 2. The lowest BCUT2D eigenvalue weighted by Gasteiger charge is -2.22. The molecule has 4 rings (SSSR count). The highest BCUT2D eigenvalue weighted by Gasteiger charge is 2.47. The Bertz CT molecular complexity index is 649. The van der Waals surface area contributed by atoms with E-state index < -0.39 is 0 Å². The first-order chi connectivity index (χ1) is 9.18. The van der Waals surface area contributed by atoms with E-state index in [1.54, 1.807) is 10.4 Å². The van der Waals surface area contributed by atoms with E-state index in [0.717, 1.165) is 6.54 Å². The highest BCUT2D eigenvalue weighted by atomic mass is 32.1. The van der Waals surface area contributed by atoms with Crippen LogP contribution in [-0.2, 0) is 12.0 Å². The van der Waals surface area contributed by atoms with E-state index in [-0.39, 0.29) is 0 Å². The fourth-order valence-electron chi connectivity index (χ4n) is 3.15. The quantitative estimate of drug-likeness (QED) is 0.819. The summed E-state index contributed by atoms with van der Waals surface area (Å²) < 4.78 is 0. The Balaban J connectivity index is 1.80. The van der Waals surface area contributed by atoms with Gasteiger partial charge in [0.1, 0.15) is 0 Å². The van der Waals surface area contributed by atoms with Crippen molar-refractivity contribution in [2.75, 3.05) is 6.54 Å². The minimum absolute atomic E-state index is 0.502. The predicted molar refractivity (Wildman–Crippen MR) is 81.8 cm³/mol. The van der Waals surface area contributed by atoms with Gasteiger partial charge < -0.3 is 5.32 Å². The van der Waals surface area contributed by atoms with Crippen molar-refractivity contribution in [1.29, 1.82) is 0 Å². The first-order valence-corrected chi connectivity index (χ1v) is 7.91. The Kier molecular flexibility index (Phi) is 2.42. The number of benzene rings is 1. The normalized spacial score (nSPS) is 19.5. The molecule has 1 saturated carbocycles. The summed E-state index contributed by atoms with van der Waals surface area (Å²) in [5.41, 5.74) is 6.30. The molecule has 1 nitrogen and oxygen atoms in total. The van der Waals surface area contributed by atoms with Gasteiger partial charge in [-0.3, -0.25) is 0 Å². The number of aryl methyl sites for hydroxylation is 2. The molecule has 1 fully saturated rings. The molecule has 0 saturated heterocycles. The van der Waals surface area contributed by atoms with Crippen LogP contribution in [0.2, 0.25) is 0 Å². The lowest BCUT2D eigenvalue weighted by Crippen LogP contribution is -2.31. The van der Waals surface area contributed by atoms with Crippen LogP contribution in [0, 0.1) is 13.8 Å². The molecule has 1 spiro atoms. The van der Waals surface area contributed by atoms with Gasteiger partial charge >= 0.3 is 0 Å². The van der Waals surface area contributed by atoms with Crippen LogP contribution >= 0.6 is 11.3 Å². The maximum atomic E-state index is 3.59. The van der Waals surface area contributed by atoms with Gasteiger partial charge in [-0.15, -0.1) is 11.3 Å². The van der Waals surface area contributed by atoms with E-state index in [1.165, 1.54) is 41.0 Å². The van der Waals surface area contributed by atoms with Crippen LogP contribution in [0.25, 0.3) is 10.4 Å². The zero-order chi connectivity index (χ0) is 13.0. The number of hydrogen-bond donors (Lipinski definition) is 1. The van der Waals surface area contributed by atoms with Crippen LogP contribution in [0.3, 0.4) is 0 Å². The van der Waals surface area contributed by atoms with E-state index >= 15 is 0 Å². The molecule has 0 radical (unpaired) electrons. The Morgan fingerprint density at radius 3 is 2.68 bits per heavy atom. The molecule has 1 N–H and O–H groups in total. The van der Waals surface area contributed by atoms with Gasteiger partial charge in [0.05, 0.1) is 0 Å². The molecule has 0 amide bonds. The topological polar surface area (TPSA) is 12.0 Å². The molecule has 2 heterocycles. The van der Waals surface area contributed by atoms with Crippen molar-refractivity contribution in [1.82, 2.24) is 5.32 Å². The number of rotatable bonds is 1. The van der Waals surface area contributed by atoms with Crippen LogP contribution in [0.5, 0.6) is 0 Å². The Hall–Kier alpha value is -1.12. The Labute approximate surface area is 118 Å². The maximum Gasteiger partial charge on any atom is 0.0349 e. The second-order valence-corrected chi connectivity index (χ2v) is 7.27. The first-order valence-electron chi connectivity index (χ1n) is 7.09. The fraction of sp³-hybridized carbons (Fsp3) is 0.412. The second kappa shape index (κ2) is 3.94. The first kappa shape index (κ1) is 11.7. The van der Waals surface area contributed by atoms with Gasteiger partial charge in [0, 0.05) is 28.3 Å². The summed E-state index contributed by atoms with van der Waals surface area (Å²) in [6.07, 6.45) is 2.74. The molecule has 98 valence electrons. The maximum absolute atomic E-state index is 3.59. The molecule has 2 aliphatic rings. The second-order valence-electron chi connectivity index (χ2n) is 6.13. The summed E-state index contributed by atoms with van der Waals surface area (Å²) in [4.78, 5) is 3.01. The lowest BCUT2D eigenvalue weighted by atomic mass is 9.92. The highest BCUT2D eigenvalue weighted by molar-refractivity contribution is 7.15. The summed E-state index contributed by atoms with van der Waals surface area (Å²) in [6.45, 7) is 6.63. The van der Waals surface area contributed by atoms with Gasteiger partial charge in [0.2, 0.25) is 0 Å². The Morgan fingerprint density at radius 2 is 1.95 bits per heavy atom. The molecule has 1 aromatic heterocycles. The summed E-state index contributed by atoms with van der Waals surface area (Å²) in [6, 6.07) is 9.32. The van der Waals surface area contributed by atoms with Gasteiger partial charge in [-0.05, 0) is 55.0 Å². The van der Waals surface area contributed by atoms with Crippen molar-refractivity contribution in [3.8, 4) is 10.4 Å². The largest absolute Gasteiger partial charge is 0.311 e. The third kappa shape index (κ3) is 1.78. The molecular weight excluding hydrogens is 250 g/mol. The SMILES string of the molecule is Cc1ccc(-c2cc3c(s2)CNCC32CC2)cc1C. The average Bonchev–Trinajstić information content (AvgIpc) is 3.01. The number of nitrogens with one attached hydrogen (secondary N) is 1. The van der Waals surface area contributed by atoms with E-state index in [9.17, 15) is 0 Å². The molecule has 0 bridgehead atoms. The molecule has 2 heteroatoms. The van der Waals surface area contributed by atoms with Gasteiger partial charge in [-0.25, -0.2) is 0 Å². The summed E-state index contributed by atoms with van der Waals surface area (Å²) in [7, 11) is 0. The zero-order valence-electron chi connectivity index (χ0n) is 11.5. The average molecular weight is 269 g/mol. The smallest absolute Gasteiger partial charge is 0.0349 e. The van der Waals surface area contributed by atoms with Gasteiger partial charge in [0.15, 0.2) is 0 Å². The monoisotopic (exact) mass is 269 g/mol. The van der Waals surface area contributed by atoms with Crippen LogP contribution < -0.4 is 5.32 Å². The van der Waals surface area contributed by atoms with Crippen molar-refractivity contribution < 1.29 is 0 Å². The Morgan fingerprint density at radius 1 is 1.11 bits per heavy atom. The molecule has 2 aromatic rings. The molecule has 1 aliphatic carbocycles. The van der Waals surface area contributed by atoms with E-state index in [4.69, 9.17) is 0 Å². The number of thiophene rings is 1. The van der Waals surface area contributed by atoms with Gasteiger partial charge in [0.25, 0.3) is 0 Å². The summed E-state index contributed by atoms with van der Waals surface area (Å²) in [5.74, 6) is 0. The minimum atomic E-state index is 0.502. The van der Waals surface area contributed by atoms with Gasteiger partial charge in [-0.1, -0.05) is 18.2 Å². The summed E-state index contributed by atoms with van der Waals surface area (Å²) in [5, 5.41) is 3.59. The molecule has 19 heavy (non-hydrogen) atoms. The predicted octanol–water partition coefficient (Wildman–Crippen LogP) is 4.17. The minimum Gasteiger partial charge on any atom is -0.311 e. The van der Waals surface area contributed by atoms with Crippen LogP contribution in [-0.4, -0.2) is 6.54 Å². The van der Waals surface area contributed by atoms with Crippen molar-refractivity contribution in [2.45, 2.75) is 38.6 Å². The molecule has 1 aliphatic heterocycles. The standard InChI is InChI=1S/C17H19NS/c1-11-3-4-13(7-12(11)2)15-8-14-16(19-15)9-18-10-17(14)5-6-17/h3-4,7-8,18H,5-6,9-10H2,1-2H3. The zero-order valence-corrected chi connectivity index (χ0v) is 12.4. The van der Waals surface area contributed by atoms with Crippen molar-refractivity contribution in [3.05, 3.63) is 45.8 Å².